The average molecular weight is 572 g/mol. The predicted molar refractivity (Wildman–Crippen MR) is 130 cm³/mol. The predicted octanol–water partition coefficient (Wildman–Crippen LogP) is 6.52. The number of carbonyl (C=O) groups is 2. The summed E-state index contributed by atoms with van der Waals surface area (Å²) >= 11 is 5.68. The highest BCUT2D eigenvalue weighted by atomic mass is 35.5. The molecule has 1 heterocycles. The van der Waals surface area contributed by atoms with Crippen molar-refractivity contribution in [2.45, 2.75) is 45.6 Å². The lowest BCUT2D eigenvalue weighted by atomic mass is 10.0. The van der Waals surface area contributed by atoms with Crippen LogP contribution in [0.5, 0.6) is 0 Å². The van der Waals surface area contributed by atoms with Crippen molar-refractivity contribution in [3.05, 3.63) is 75.1 Å². The highest BCUT2D eigenvalue weighted by molar-refractivity contribution is 6.30. The second-order valence-corrected chi connectivity index (χ2v) is 9.91. The van der Waals surface area contributed by atoms with Gasteiger partial charge in [0.1, 0.15) is 5.69 Å². The lowest BCUT2D eigenvalue weighted by molar-refractivity contribution is -0.141. The van der Waals surface area contributed by atoms with Crippen molar-refractivity contribution in [1.29, 1.82) is 5.26 Å². The number of nitrogens with one attached hydrogen (secondary N) is 2. The number of nitrogens with zero attached hydrogens (tertiary/aromatic N) is 3. The topological polar surface area (TPSA) is 99.8 Å². The quantitative estimate of drug-likeness (QED) is 0.348. The van der Waals surface area contributed by atoms with Gasteiger partial charge in [0.05, 0.1) is 34.1 Å². The first-order valence-electron chi connectivity index (χ1n) is 11.0. The van der Waals surface area contributed by atoms with Crippen LogP contribution >= 0.6 is 11.6 Å². The maximum atomic E-state index is 13.7. The van der Waals surface area contributed by atoms with E-state index in [0.717, 1.165) is 12.1 Å². The number of alkyl halides is 6. The molecule has 0 atom stereocenters. The summed E-state index contributed by atoms with van der Waals surface area (Å²) in [5.74, 6) is -2.00. The molecular weight excluding hydrogens is 552 g/mol. The Morgan fingerprint density at radius 1 is 0.974 bits per heavy atom. The van der Waals surface area contributed by atoms with Crippen molar-refractivity contribution < 1.29 is 35.9 Å². The zero-order valence-corrected chi connectivity index (χ0v) is 21.5. The standard InChI is InChI=1S/C25H20ClF6N5O2/c1-12-7-13(11-33)8-15(21(38)35-23(2,3)4)20(12)34-22(39)18-10-19(25(30,31)32)36-37(18)17-6-5-14(26)9-16(17)24(27,28)29/h5-10H,1-4H3,(H,34,39)(H,35,38). The Hall–Kier alpha value is -4.05. The number of carbonyl (C=O) groups excluding carboxylic acids is 2. The zero-order valence-electron chi connectivity index (χ0n) is 20.8. The first-order valence-corrected chi connectivity index (χ1v) is 11.4. The van der Waals surface area contributed by atoms with Gasteiger partial charge in [-0.3, -0.25) is 9.59 Å². The first kappa shape index (κ1) is 29.5. The molecule has 0 saturated heterocycles. The molecule has 0 aliphatic carbocycles. The van der Waals surface area contributed by atoms with Gasteiger partial charge < -0.3 is 10.6 Å². The van der Waals surface area contributed by atoms with Crippen LogP contribution in [0.25, 0.3) is 5.69 Å². The van der Waals surface area contributed by atoms with Crippen molar-refractivity contribution in [2.24, 2.45) is 0 Å². The van der Waals surface area contributed by atoms with Gasteiger partial charge >= 0.3 is 12.4 Å². The second-order valence-electron chi connectivity index (χ2n) is 9.47. The molecule has 0 aliphatic heterocycles. The lowest BCUT2D eigenvalue weighted by Crippen LogP contribution is -2.41. The van der Waals surface area contributed by atoms with Crippen LogP contribution < -0.4 is 10.6 Å². The summed E-state index contributed by atoms with van der Waals surface area (Å²) in [6.07, 6.45) is -10.2. The second kappa shape index (κ2) is 10.3. The first-order chi connectivity index (χ1) is 17.8. The Bertz CT molecular complexity index is 1500. The Kier molecular flexibility index (Phi) is 7.76. The SMILES string of the molecule is Cc1cc(C#N)cc(C(=O)NC(C)(C)C)c1NC(=O)c1cc(C(F)(F)F)nn1-c1ccc(Cl)cc1C(F)(F)F. The summed E-state index contributed by atoms with van der Waals surface area (Å²) < 4.78 is 82.0. The number of hydrogen-bond donors (Lipinski definition) is 2. The van der Waals surface area contributed by atoms with Crippen LogP contribution in [0.3, 0.4) is 0 Å². The van der Waals surface area contributed by atoms with Gasteiger partial charge in [0, 0.05) is 16.6 Å². The van der Waals surface area contributed by atoms with E-state index in [-0.39, 0.29) is 38.1 Å². The number of aromatic nitrogens is 2. The molecule has 3 rings (SSSR count). The summed E-state index contributed by atoms with van der Waals surface area (Å²) in [4.78, 5) is 26.3. The fourth-order valence-corrected chi connectivity index (χ4v) is 3.74. The summed E-state index contributed by atoms with van der Waals surface area (Å²) in [6, 6.07) is 6.92. The van der Waals surface area contributed by atoms with E-state index in [2.05, 4.69) is 15.7 Å². The Labute approximate surface area is 223 Å². The molecule has 0 fully saturated rings. The number of amides is 2. The molecular formula is C25H20ClF6N5O2. The van der Waals surface area contributed by atoms with Gasteiger partial charge in [-0.1, -0.05) is 11.6 Å². The third-order valence-electron chi connectivity index (χ3n) is 5.16. The third kappa shape index (κ3) is 6.69. The number of anilines is 1. The van der Waals surface area contributed by atoms with Crippen LogP contribution in [-0.4, -0.2) is 27.1 Å². The van der Waals surface area contributed by atoms with Crippen molar-refractivity contribution >= 4 is 29.1 Å². The Morgan fingerprint density at radius 2 is 1.62 bits per heavy atom. The zero-order chi connectivity index (χ0) is 29.5. The number of benzene rings is 2. The number of halogens is 7. The maximum absolute atomic E-state index is 13.7. The van der Waals surface area contributed by atoms with Crippen LogP contribution in [0.1, 0.15) is 64.0 Å². The highest BCUT2D eigenvalue weighted by Crippen LogP contribution is 2.37. The number of nitriles is 1. The van der Waals surface area contributed by atoms with Crippen molar-refractivity contribution in [3.8, 4) is 11.8 Å². The highest BCUT2D eigenvalue weighted by Gasteiger charge is 2.39. The monoisotopic (exact) mass is 571 g/mol. The molecule has 7 nitrogen and oxygen atoms in total. The fraction of sp³-hybridized carbons (Fsp3) is 0.280. The van der Waals surface area contributed by atoms with Crippen LogP contribution in [0.4, 0.5) is 32.0 Å². The van der Waals surface area contributed by atoms with E-state index in [1.54, 1.807) is 20.8 Å². The minimum atomic E-state index is -5.10. The molecule has 0 unspecified atom stereocenters. The normalized spacial score (nSPS) is 12.2. The maximum Gasteiger partial charge on any atom is 0.435 e. The van der Waals surface area contributed by atoms with Crippen molar-refractivity contribution in [3.63, 3.8) is 0 Å². The lowest BCUT2D eigenvalue weighted by Gasteiger charge is -2.22. The molecule has 0 bridgehead atoms. The number of hydrogen-bond acceptors (Lipinski definition) is 4. The Balaban J connectivity index is 2.20. The Morgan fingerprint density at radius 3 is 2.15 bits per heavy atom. The van der Waals surface area contributed by atoms with Crippen molar-refractivity contribution in [1.82, 2.24) is 15.1 Å². The van der Waals surface area contributed by atoms with Crippen LogP contribution in [0.15, 0.2) is 36.4 Å². The minimum absolute atomic E-state index is 0.0601. The fourth-order valence-electron chi connectivity index (χ4n) is 3.57. The number of rotatable bonds is 4. The van der Waals surface area contributed by atoms with E-state index in [1.165, 1.54) is 19.1 Å². The molecule has 2 aromatic carbocycles. The molecule has 1 aromatic heterocycles. The molecule has 14 heteroatoms. The van der Waals surface area contributed by atoms with E-state index in [0.29, 0.717) is 6.07 Å². The van der Waals surface area contributed by atoms with E-state index in [4.69, 9.17) is 11.6 Å². The van der Waals surface area contributed by atoms with E-state index >= 15 is 0 Å². The van der Waals surface area contributed by atoms with Crippen LogP contribution in [-0.2, 0) is 12.4 Å². The van der Waals surface area contributed by atoms with E-state index < -0.39 is 52.3 Å². The average Bonchev–Trinajstić information content (AvgIpc) is 3.24. The molecule has 0 spiro atoms. The minimum Gasteiger partial charge on any atom is -0.347 e. The molecule has 39 heavy (non-hydrogen) atoms. The summed E-state index contributed by atoms with van der Waals surface area (Å²) in [5.41, 5.74) is -5.66. The van der Waals surface area contributed by atoms with E-state index in [9.17, 15) is 41.2 Å². The van der Waals surface area contributed by atoms with Gasteiger partial charge in [-0.05, 0) is 63.6 Å². The van der Waals surface area contributed by atoms with E-state index in [1.807, 2.05) is 6.07 Å². The smallest absolute Gasteiger partial charge is 0.347 e. The van der Waals surface area contributed by atoms with Gasteiger partial charge in [-0.25, -0.2) is 4.68 Å². The molecule has 0 aliphatic rings. The molecule has 0 radical (unpaired) electrons. The number of aryl methyl sites for hydroxylation is 1. The molecule has 0 saturated carbocycles. The van der Waals surface area contributed by atoms with Crippen LogP contribution in [0, 0.1) is 18.3 Å². The van der Waals surface area contributed by atoms with Gasteiger partial charge in [0.2, 0.25) is 0 Å². The summed E-state index contributed by atoms with van der Waals surface area (Å²) in [7, 11) is 0. The van der Waals surface area contributed by atoms with Gasteiger partial charge in [0.15, 0.2) is 5.69 Å². The van der Waals surface area contributed by atoms with Gasteiger partial charge in [-0.15, -0.1) is 0 Å². The molecule has 206 valence electrons. The molecule has 2 N–H and O–H groups in total. The van der Waals surface area contributed by atoms with Gasteiger partial charge in [0.25, 0.3) is 11.8 Å². The van der Waals surface area contributed by atoms with Gasteiger partial charge in [-0.2, -0.15) is 36.7 Å². The molecule has 2 amide bonds. The largest absolute Gasteiger partial charge is 0.435 e. The summed E-state index contributed by atoms with van der Waals surface area (Å²) in [6.45, 7) is 6.45. The van der Waals surface area contributed by atoms with Crippen molar-refractivity contribution in [2.75, 3.05) is 5.32 Å². The third-order valence-corrected chi connectivity index (χ3v) is 5.40. The van der Waals surface area contributed by atoms with Crippen LogP contribution in [0.2, 0.25) is 5.02 Å². The molecule has 3 aromatic rings. The summed E-state index contributed by atoms with van der Waals surface area (Å²) in [5, 5.41) is 17.2.